The fourth-order valence-electron chi connectivity index (χ4n) is 4.27. The second-order valence-corrected chi connectivity index (χ2v) is 9.43. The molecule has 4 aromatic carbocycles. The summed E-state index contributed by atoms with van der Waals surface area (Å²) in [5, 5.41) is 0. The van der Waals surface area contributed by atoms with Crippen molar-refractivity contribution in [1.29, 1.82) is 0 Å². The van der Waals surface area contributed by atoms with Gasteiger partial charge in [0, 0.05) is 23.0 Å². The molecule has 1 atom stereocenters. The van der Waals surface area contributed by atoms with E-state index < -0.39 is 0 Å². The molecule has 0 saturated carbocycles. The van der Waals surface area contributed by atoms with Crippen LogP contribution in [0.4, 0.5) is 11.4 Å². The maximum Gasteiger partial charge on any atom is 0.0458 e. The van der Waals surface area contributed by atoms with Gasteiger partial charge in [-0.15, -0.1) is 0 Å². The predicted octanol–water partition coefficient (Wildman–Crippen LogP) is 9.76. The highest BCUT2D eigenvalue weighted by Gasteiger charge is 2.12. The van der Waals surface area contributed by atoms with Crippen LogP contribution in [0.1, 0.15) is 43.4 Å². The first-order valence-electron chi connectivity index (χ1n) is 12.4. The van der Waals surface area contributed by atoms with Crippen LogP contribution in [0.25, 0.3) is 11.1 Å². The molecule has 0 saturated heterocycles. The summed E-state index contributed by atoms with van der Waals surface area (Å²) in [5.74, 6) is 0.344. The molecule has 0 aliphatic carbocycles. The monoisotopic (exact) mass is 457 g/mol. The third kappa shape index (κ3) is 6.00. The Morgan fingerprint density at radius 2 is 1.09 bits per heavy atom. The van der Waals surface area contributed by atoms with Gasteiger partial charge in [0.25, 0.3) is 0 Å². The molecular formula is C34H35N. The molecule has 0 aromatic heterocycles. The van der Waals surface area contributed by atoms with Crippen LogP contribution in [0.2, 0.25) is 0 Å². The normalized spacial score (nSPS) is 12.9. The number of nitrogens with zero attached hydrogens (tertiary/aromatic N) is 1. The highest BCUT2D eigenvalue weighted by molar-refractivity contribution is 5.69. The van der Waals surface area contributed by atoms with E-state index in [-0.39, 0.29) is 0 Å². The van der Waals surface area contributed by atoms with Crippen LogP contribution in [0.3, 0.4) is 0 Å². The summed E-state index contributed by atoms with van der Waals surface area (Å²) in [5.41, 5.74) is 11.2. The summed E-state index contributed by atoms with van der Waals surface area (Å²) >= 11 is 0. The maximum absolute atomic E-state index is 2.32. The molecule has 1 heteroatoms. The van der Waals surface area contributed by atoms with Crippen molar-refractivity contribution in [3.05, 3.63) is 143 Å². The van der Waals surface area contributed by atoms with Crippen molar-refractivity contribution in [2.24, 2.45) is 0 Å². The van der Waals surface area contributed by atoms with E-state index in [2.05, 4.69) is 155 Å². The lowest BCUT2D eigenvalue weighted by Crippen LogP contribution is -2.14. The number of hydrogen-bond donors (Lipinski definition) is 0. The smallest absolute Gasteiger partial charge is 0.0458 e. The van der Waals surface area contributed by atoms with Gasteiger partial charge in [-0.1, -0.05) is 109 Å². The van der Waals surface area contributed by atoms with Crippen LogP contribution >= 0.6 is 0 Å². The quantitative estimate of drug-likeness (QED) is 0.250. The fourth-order valence-corrected chi connectivity index (χ4v) is 4.27. The summed E-state index contributed by atoms with van der Waals surface area (Å²) in [6.07, 6.45) is 4.50. The van der Waals surface area contributed by atoms with Gasteiger partial charge >= 0.3 is 0 Å². The van der Waals surface area contributed by atoms with E-state index >= 15 is 0 Å². The standard InChI is InChI=1S/C34H35N/c1-25-11-21-33(22-12-25)35(34-23-13-26(2)14-24-34)28(4)16-15-27(3)29(5)30-17-19-32(20-18-30)31-9-7-6-8-10-31/h6-24,29H,1-5H3/b27-15+,28-16+. The predicted molar refractivity (Wildman–Crippen MR) is 152 cm³/mol. The number of allylic oxidation sites excluding steroid dienone is 4. The minimum Gasteiger partial charge on any atom is -0.315 e. The Balaban J connectivity index is 1.58. The SMILES string of the molecule is C/C(=C\C=C(/C)N(c1ccc(C)cc1)c1ccc(C)cc1)C(C)c1ccc(-c2ccccc2)cc1. The maximum atomic E-state index is 2.32. The minimum atomic E-state index is 0.344. The van der Waals surface area contributed by atoms with E-state index in [4.69, 9.17) is 0 Å². The number of anilines is 2. The highest BCUT2D eigenvalue weighted by Crippen LogP contribution is 2.31. The molecule has 4 aromatic rings. The van der Waals surface area contributed by atoms with Gasteiger partial charge in [0.1, 0.15) is 0 Å². The fraction of sp³-hybridized carbons (Fsp3) is 0.176. The van der Waals surface area contributed by atoms with Gasteiger partial charge in [-0.05, 0) is 74.7 Å². The number of benzene rings is 4. The largest absolute Gasteiger partial charge is 0.315 e. The Morgan fingerprint density at radius 1 is 0.600 bits per heavy atom. The van der Waals surface area contributed by atoms with Gasteiger partial charge in [0.15, 0.2) is 0 Å². The first-order chi connectivity index (χ1) is 16.9. The molecule has 0 N–H and O–H groups in total. The third-order valence-corrected chi connectivity index (χ3v) is 6.73. The average Bonchev–Trinajstić information content (AvgIpc) is 2.90. The van der Waals surface area contributed by atoms with Crippen molar-refractivity contribution >= 4 is 11.4 Å². The van der Waals surface area contributed by atoms with Crippen LogP contribution in [-0.2, 0) is 0 Å². The minimum absolute atomic E-state index is 0.344. The summed E-state index contributed by atoms with van der Waals surface area (Å²) < 4.78 is 0. The molecule has 4 rings (SSSR count). The average molecular weight is 458 g/mol. The molecule has 0 heterocycles. The first kappa shape index (κ1) is 24.3. The van der Waals surface area contributed by atoms with E-state index in [1.54, 1.807) is 0 Å². The Labute approximate surface area is 211 Å². The summed E-state index contributed by atoms with van der Waals surface area (Å²) in [7, 11) is 0. The summed E-state index contributed by atoms with van der Waals surface area (Å²) in [4.78, 5) is 2.32. The Bertz CT molecular complexity index is 1250. The van der Waals surface area contributed by atoms with Crippen LogP contribution in [0.5, 0.6) is 0 Å². The lowest BCUT2D eigenvalue weighted by molar-refractivity contribution is 0.893. The molecule has 0 radical (unpaired) electrons. The van der Waals surface area contributed by atoms with Crippen molar-refractivity contribution in [2.75, 3.05) is 4.90 Å². The summed E-state index contributed by atoms with van der Waals surface area (Å²) in [6, 6.07) is 37.0. The molecule has 0 spiro atoms. The van der Waals surface area contributed by atoms with E-state index in [0.29, 0.717) is 5.92 Å². The second kappa shape index (κ2) is 11.1. The first-order valence-corrected chi connectivity index (χ1v) is 12.4. The molecule has 35 heavy (non-hydrogen) atoms. The molecule has 1 unspecified atom stereocenters. The zero-order valence-corrected chi connectivity index (χ0v) is 21.5. The van der Waals surface area contributed by atoms with Crippen LogP contribution in [0.15, 0.2) is 127 Å². The third-order valence-electron chi connectivity index (χ3n) is 6.73. The topological polar surface area (TPSA) is 3.24 Å². The van der Waals surface area contributed by atoms with Gasteiger partial charge in [-0.2, -0.15) is 0 Å². The molecular weight excluding hydrogens is 422 g/mol. The van der Waals surface area contributed by atoms with E-state index in [1.807, 2.05) is 0 Å². The number of hydrogen-bond acceptors (Lipinski definition) is 1. The van der Waals surface area contributed by atoms with E-state index in [9.17, 15) is 0 Å². The van der Waals surface area contributed by atoms with Crippen LogP contribution < -0.4 is 4.90 Å². The molecule has 176 valence electrons. The number of rotatable bonds is 7. The molecule has 0 bridgehead atoms. The van der Waals surface area contributed by atoms with Crippen LogP contribution in [0, 0.1) is 13.8 Å². The molecule has 0 amide bonds. The van der Waals surface area contributed by atoms with Gasteiger partial charge in [0.2, 0.25) is 0 Å². The van der Waals surface area contributed by atoms with Crippen molar-refractivity contribution in [2.45, 2.75) is 40.5 Å². The lowest BCUT2D eigenvalue weighted by atomic mass is 9.92. The van der Waals surface area contributed by atoms with Gasteiger partial charge in [0.05, 0.1) is 0 Å². The molecule has 1 nitrogen and oxygen atoms in total. The van der Waals surface area contributed by atoms with E-state index in [1.165, 1.54) is 50.5 Å². The molecule has 0 aliphatic heterocycles. The van der Waals surface area contributed by atoms with E-state index in [0.717, 1.165) is 0 Å². The van der Waals surface area contributed by atoms with Crippen molar-refractivity contribution in [3.8, 4) is 11.1 Å². The van der Waals surface area contributed by atoms with Crippen molar-refractivity contribution < 1.29 is 0 Å². The molecule has 0 aliphatic rings. The Morgan fingerprint density at radius 3 is 1.60 bits per heavy atom. The van der Waals surface area contributed by atoms with Gasteiger partial charge in [-0.3, -0.25) is 0 Å². The van der Waals surface area contributed by atoms with Gasteiger partial charge < -0.3 is 4.90 Å². The van der Waals surface area contributed by atoms with Crippen molar-refractivity contribution in [1.82, 2.24) is 0 Å². The Kier molecular flexibility index (Phi) is 7.67. The zero-order valence-electron chi connectivity index (χ0n) is 21.5. The highest BCUT2D eigenvalue weighted by atomic mass is 15.1. The zero-order chi connectivity index (χ0) is 24.8. The molecule has 0 fully saturated rings. The van der Waals surface area contributed by atoms with Crippen molar-refractivity contribution in [3.63, 3.8) is 0 Å². The number of aryl methyl sites for hydroxylation is 2. The summed E-state index contributed by atoms with van der Waals surface area (Å²) in [6.45, 7) is 10.9. The Hall–Kier alpha value is -3.84. The second-order valence-electron chi connectivity index (χ2n) is 9.43. The van der Waals surface area contributed by atoms with Crippen LogP contribution in [-0.4, -0.2) is 0 Å². The lowest BCUT2D eigenvalue weighted by Gasteiger charge is -2.26. The van der Waals surface area contributed by atoms with Gasteiger partial charge in [-0.25, -0.2) is 0 Å².